The van der Waals surface area contributed by atoms with Gasteiger partial charge in [-0.1, -0.05) is 31.2 Å². The summed E-state index contributed by atoms with van der Waals surface area (Å²) in [7, 11) is 0. The van der Waals surface area contributed by atoms with Crippen LogP contribution in [0, 0.1) is 16.7 Å². The predicted octanol–water partition coefficient (Wildman–Crippen LogP) is 3.92. The van der Waals surface area contributed by atoms with E-state index in [1.54, 1.807) is 28.9 Å². The first-order valence-corrected chi connectivity index (χ1v) is 13.4. The monoisotopic (exact) mass is 544 g/mol. The highest BCUT2D eigenvalue weighted by molar-refractivity contribution is 7.11. The minimum Gasteiger partial charge on any atom is -0.341 e. The van der Waals surface area contributed by atoms with Crippen LogP contribution in [0.5, 0.6) is 0 Å². The largest absolute Gasteiger partial charge is 0.416 e. The predicted molar refractivity (Wildman–Crippen MR) is 132 cm³/mol. The Labute approximate surface area is 221 Å². The lowest BCUT2D eigenvalue weighted by Gasteiger charge is -2.50. The minimum absolute atomic E-state index is 0.0369. The average Bonchev–Trinajstić information content (AvgIpc) is 3.35. The summed E-state index contributed by atoms with van der Waals surface area (Å²) in [4.78, 5) is 34.5. The number of nitrogens with zero attached hydrogens (tertiary/aromatic N) is 6. The molecule has 6 rings (SSSR count). The zero-order chi connectivity index (χ0) is 26.9. The van der Waals surface area contributed by atoms with Crippen molar-refractivity contribution in [2.24, 2.45) is 16.7 Å². The second-order valence-electron chi connectivity index (χ2n) is 11.4. The lowest BCUT2D eigenvalue weighted by Crippen LogP contribution is -2.62. The molecule has 3 aromatic rings. The van der Waals surface area contributed by atoms with Crippen molar-refractivity contribution in [1.82, 2.24) is 29.8 Å². The quantitative estimate of drug-likeness (QED) is 0.486. The number of hydrogen-bond acceptors (Lipinski definition) is 6. The summed E-state index contributed by atoms with van der Waals surface area (Å²) < 4.78 is 40.9. The van der Waals surface area contributed by atoms with Gasteiger partial charge in [0.25, 0.3) is 5.91 Å². The lowest BCUT2D eigenvalue weighted by atomic mass is 9.70. The van der Waals surface area contributed by atoms with Crippen LogP contribution >= 0.6 is 11.3 Å². The number of halogens is 3. The Hall–Kier alpha value is -3.28. The van der Waals surface area contributed by atoms with Crippen LogP contribution in [0.4, 0.5) is 13.2 Å². The molecule has 2 aromatic heterocycles. The highest BCUT2D eigenvalue weighted by Crippen LogP contribution is 2.55. The van der Waals surface area contributed by atoms with Gasteiger partial charge in [-0.25, -0.2) is 4.68 Å². The molecule has 1 saturated carbocycles. The molecule has 4 heterocycles. The van der Waals surface area contributed by atoms with Gasteiger partial charge >= 0.3 is 6.18 Å². The minimum atomic E-state index is -4.42. The van der Waals surface area contributed by atoms with Crippen LogP contribution in [-0.4, -0.2) is 67.8 Å². The van der Waals surface area contributed by atoms with Gasteiger partial charge in [0.2, 0.25) is 5.91 Å². The number of amides is 2. The third-order valence-corrected chi connectivity index (χ3v) is 8.99. The van der Waals surface area contributed by atoms with Crippen LogP contribution in [0.2, 0.25) is 0 Å². The van der Waals surface area contributed by atoms with Gasteiger partial charge in [-0.05, 0) is 29.5 Å². The summed E-state index contributed by atoms with van der Waals surface area (Å²) in [6.45, 7) is 6.33. The third kappa shape index (κ3) is 4.38. The molecule has 1 aliphatic carbocycles. The molecule has 0 radical (unpaired) electrons. The van der Waals surface area contributed by atoms with E-state index in [4.69, 9.17) is 0 Å². The number of carbonyl (C=O) groups is 2. The Morgan fingerprint density at radius 2 is 1.89 bits per heavy atom. The topological polar surface area (TPSA) is 84.2 Å². The zero-order valence-corrected chi connectivity index (χ0v) is 21.8. The third-order valence-electron chi connectivity index (χ3n) is 8.23. The van der Waals surface area contributed by atoms with E-state index in [0.29, 0.717) is 42.3 Å². The molecule has 38 heavy (non-hydrogen) atoms. The molecule has 2 aliphatic heterocycles. The van der Waals surface area contributed by atoms with Crippen LogP contribution in [0.1, 0.15) is 52.7 Å². The first-order chi connectivity index (χ1) is 18.0. The highest BCUT2D eigenvalue weighted by atomic mass is 32.1. The van der Waals surface area contributed by atoms with Crippen molar-refractivity contribution in [1.29, 1.82) is 0 Å². The van der Waals surface area contributed by atoms with Gasteiger partial charge in [-0.3, -0.25) is 14.6 Å². The molecule has 2 atom stereocenters. The number of thiazole rings is 1. The average molecular weight is 545 g/mol. The normalized spacial score (nSPS) is 23.5. The van der Waals surface area contributed by atoms with Crippen molar-refractivity contribution in [3.63, 3.8) is 0 Å². The van der Waals surface area contributed by atoms with Crippen molar-refractivity contribution in [2.75, 3.05) is 26.2 Å². The standard InChI is InChI=1S/C26H27F3N6O2S/c1-24(2)7-18(24)22(36)34-13-25(14-34)12-33(23(37)21-8-30-15-38-21)10-19(25)20-11-35(32-31-20)9-16-4-3-5-17(6-16)26(27,28)29/h3-6,8,11,15,18-19H,7,9-10,12-14H2,1-2H3/t18-,19?/m1/s1. The number of aromatic nitrogens is 4. The number of rotatable bonds is 5. The SMILES string of the molecule is CC1(C)C[C@@H]1C(=O)N1CC2(CN(C(=O)c3cncs3)CC2c2cn(Cc3cccc(C(F)(F)F)c3)nn2)C1. The summed E-state index contributed by atoms with van der Waals surface area (Å²) in [5, 5.41) is 8.58. The molecule has 3 aliphatic rings. The molecule has 2 amide bonds. The Morgan fingerprint density at radius 1 is 1.16 bits per heavy atom. The van der Waals surface area contributed by atoms with Crippen LogP contribution < -0.4 is 0 Å². The van der Waals surface area contributed by atoms with Crippen LogP contribution in [0.3, 0.4) is 0 Å². The van der Waals surface area contributed by atoms with Gasteiger partial charge in [-0.15, -0.1) is 16.4 Å². The van der Waals surface area contributed by atoms with Gasteiger partial charge in [0, 0.05) is 49.6 Å². The van der Waals surface area contributed by atoms with E-state index in [-0.39, 0.29) is 41.0 Å². The van der Waals surface area contributed by atoms with Gasteiger partial charge in [0.15, 0.2) is 0 Å². The lowest BCUT2D eigenvalue weighted by molar-refractivity contribution is -0.145. The number of benzene rings is 1. The second kappa shape index (κ2) is 8.62. The van der Waals surface area contributed by atoms with Crippen LogP contribution in [0.25, 0.3) is 0 Å². The zero-order valence-electron chi connectivity index (χ0n) is 21.0. The molecular weight excluding hydrogens is 517 g/mol. The molecule has 8 nitrogen and oxygen atoms in total. The molecule has 1 spiro atoms. The number of likely N-dealkylation sites (tertiary alicyclic amines) is 2. The van der Waals surface area contributed by atoms with Crippen LogP contribution in [-0.2, 0) is 17.5 Å². The molecule has 12 heteroatoms. The fourth-order valence-corrected chi connectivity index (χ4v) is 6.48. The van der Waals surface area contributed by atoms with E-state index in [1.165, 1.54) is 22.1 Å². The second-order valence-corrected chi connectivity index (χ2v) is 12.3. The molecule has 2 saturated heterocycles. The first kappa shape index (κ1) is 25.0. The van der Waals surface area contributed by atoms with Crippen molar-refractivity contribution in [3.05, 3.63) is 63.9 Å². The summed E-state index contributed by atoms with van der Waals surface area (Å²) in [6.07, 6.45) is -0.221. The van der Waals surface area contributed by atoms with E-state index >= 15 is 0 Å². The highest BCUT2D eigenvalue weighted by Gasteiger charge is 2.61. The Kier molecular flexibility index (Phi) is 5.68. The maximum atomic E-state index is 13.2. The molecule has 0 N–H and O–H groups in total. The summed E-state index contributed by atoms with van der Waals surface area (Å²) in [6, 6.07) is 5.16. The molecule has 0 bridgehead atoms. The molecule has 1 aromatic carbocycles. The van der Waals surface area contributed by atoms with Crippen molar-refractivity contribution in [3.8, 4) is 0 Å². The fourth-order valence-electron chi connectivity index (χ4n) is 5.89. The Balaban J connectivity index is 1.23. The van der Waals surface area contributed by atoms with E-state index in [9.17, 15) is 22.8 Å². The number of alkyl halides is 3. The molecule has 3 fully saturated rings. The smallest absolute Gasteiger partial charge is 0.341 e. The number of carbonyl (C=O) groups excluding carboxylic acids is 2. The van der Waals surface area contributed by atoms with Crippen molar-refractivity contribution in [2.45, 2.75) is 38.9 Å². The van der Waals surface area contributed by atoms with Gasteiger partial charge in [0.05, 0.1) is 29.5 Å². The van der Waals surface area contributed by atoms with Crippen LogP contribution in [0.15, 0.2) is 42.2 Å². The molecule has 1 unspecified atom stereocenters. The van der Waals surface area contributed by atoms with Gasteiger partial charge in [0.1, 0.15) is 4.88 Å². The van der Waals surface area contributed by atoms with Crippen molar-refractivity contribution >= 4 is 23.2 Å². The van der Waals surface area contributed by atoms with E-state index in [2.05, 4.69) is 29.1 Å². The Bertz CT molecular complexity index is 1380. The summed E-state index contributed by atoms with van der Waals surface area (Å²) in [5.41, 5.74) is 1.75. The maximum Gasteiger partial charge on any atom is 0.416 e. The van der Waals surface area contributed by atoms with Gasteiger partial charge < -0.3 is 9.80 Å². The van der Waals surface area contributed by atoms with E-state index in [1.807, 2.05) is 4.90 Å². The van der Waals surface area contributed by atoms with Crippen molar-refractivity contribution < 1.29 is 22.8 Å². The summed E-state index contributed by atoms with van der Waals surface area (Å²) >= 11 is 1.29. The maximum absolute atomic E-state index is 13.2. The summed E-state index contributed by atoms with van der Waals surface area (Å²) in [5.74, 6) is -0.0347. The first-order valence-electron chi connectivity index (χ1n) is 12.5. The molecular formula is C26H27F3N6O2S. The number of hydrogen-bond donors (Lipinski definition) is 0. The van der Waals surface area contributed by atoms with E-state index < -0.39 is 11.7 Å². The Morgan fingerprint density at radius 3 is 2.55 bits per heavy atom. The van der Waals surface area contributed by atoms with Gasteiger partial charge in [-0.2, -0.15) is 13.2 Å². The van der Waals surface area contributed by atoms with E-state index in [0.717, 1.165) is 18.6 Å². The fraction of sp³-hybridized carbons (Fsp3) is 0.500. The molecule has 200 valence electrons.